The van der Waals surface area contributed by atoms with E-state index >= 15 is 0 Å². The Morgan fingerprint density at radius 3 is 2.57 bits per heavy atom. The number of halogens is 3. The molecule has 112 valence electrons. The van der Waals surface area contributed by atoms with E-state index in [0.29, 0.717) is 10.2 Å². The zero-order chi connectivity index (χ0) is 14.9. The van der Waals surface area contributed by atoms with E-state index in [9.17, 15) is 13.2 Å². The molecule has 2 aromatic heterocycles. The van der Waals surface area contributed by atoms with E-state index in [1.807, 2.05) is 4.57 Å². The predicted molar refractivity (Wildman–Crippen MR) is 68.7 cm³/mol. The van der Waals surface area contributed by atoms with Gasteiger partial charge < -0.3 is 4.57 Å². The molecule has 0 aliphatic carbocycles. The maximum absolute atomic E-state index is 12.4. The molecule has 3 rings (SSSR count). The average molecular weight is 315 g/mol. The van der Waals surface area contributed by atoms with E-state index in [2.05, 4.69) is 20.4 Å². The first-order valence-corrected chi connectivity index (χ1v) is 7.36. The molecule has 2 aromatic rings. The van der Waals surface area contributed by atoms with Crippen LogP contribution in [0.1, 0.15) is 30.8 Å². The van der Waals surface area contributed by atoms with Gasteiger partial charge in [-0.3, -0.25) is 0 Å². The molecule has 0 atom stereocenters. The summed E-state index contributed by atoms with van der Waals surface area (Å²) in [4.78, 5) is 0. The Morgan fingerprint density at radius 2 is 1.86 bits per heavy atom. The Hall–Kier alpha value is -1.64. The summed E-state index contributed by atoms with van der Waals surface area (Å²) in [6.45, 7) is 0.832. The summed E-state index contributed by atoms with van der Waals surface area (Å²) in [5.41, 5.74) is -0.994. The van der Waals surface area contributed by atoms with Gasteiger partial charge in [0.25, 0.3) is 0 Å². The molecule has 0 N–H and O–H groups in total. The quantitative estimate of drug-likeness (QED) is 0.853. The molecule has 21 heavy (non-hydrogen) atoms. The molecule has 0 spiro atoms. The van der Waals surface area contributed by atoms with Gasteiger partial charge in [-0.15, -0.1) is 20.4 Å². The standard InChI is InChI=1S/C12H12F3N5S/c13-12(14,15)8-5-6-10(18-16-8)21-11-19-17-9-4-2-1-3-7-20(9)11/h5-6H,1-4,7H2. The van der Waals surface area contributed by atoms with Crippen molar-refractivity contribution in [2.24, 2.45) is 0 Å². The fourth-order valence-electron chi connectivity index (χ4n) is 2.15. The van der Waals surface area contributed by atoms with Gasteiger partial charge in [0.05, 0.1) is 0 Å². The van der Waals surface area contributed by atoms with Crippen LogP contribution in [0.5, 0.6) is 0 Å². The van der Waals surface area contributed by atoms with Gasteiger partial charge in [0.1, 0.15) is 10.9 Å². The van der Waals surface area contributed by atoms with Crippen LogP contribution in [0.25, 0.3) is 0 Å². The van der Waals surface area contributed by atoms with Crippen LogP contribution in [0, 0.1) is 0 Å². The van der Waals surface area contributed by atoms with E-state index in [-0.39, 0.29) is 0 Å². The van der Waals surface area contributed by atoms with Gasteiger partial charge in [-0.1, -0.05) is 6.42 Å². The van der Waals surface area contributed by atoms with Crippen molar-refractivity contribution in [3.05, 3.63) is 23.7 Å². The summed E-state index contributed by atoms with van der Waals surface area (Å²) in [5.74, 6) is 0.926. The average Bonchev–Trinajstić information content (AvgIpc) is 2.68. The van der Waals surface area contributed by atoms with Crippen molar-refractivity contribution in [3.63, 3.8) is 0 Å². The number of hydrogen-bond donors (Lipinski definition) is 0. The van der Waals surface area contributed by atoms with Crippen molar-refractivity contribution >= 4 is 11.8 Å². The summed E-state index contributed by atoms with van der Waals surface area (Å²) < 4.78 is 39.3. The fourth-order valence-corrected chi connectivity index (χ4v) is 2.95. The second kappa shape index (κ2) is 5.63. The third kappa shape index (κ3) is 3.17. The highest BCUT2D eigenvalue weighted by molar-refractivity contribution is 7.99. The number of aryl methyl sites for hydroxylation is 1. The largest absolute Gasteiger partial charge is 0.435 e. The zero-order valence-electron chi connectivity index (χ0n) is 11.0. The summed E-state index contributed by atoms with van der Waals surface area (Å²) in [6, 6.07) is 2.23. The van der Waals surface area contributed by atoms with Crippen LogP contribution in [-0.2, 0) is 19.1 Å². The molecule has 0 fully saturated rings. The minimum absolute atomic E-state index is 0.377. The van der Waals surface area contributed by atoms with Crippen molar-refractivity contribution in [3.8, 4) is 0 Å². The van der Waals surface area contributed by atoms with Gasteiger partial charge in [0, 0.05) is 13.0 Å². The number of aromatic nitrogens is 5. The predicted octanol–water partition coefficient (Wildman–Crippen LogP) is 2.96. The minimum atomic E-state index is -4.47. The molecule has 0 amide bonds. The van der Waals surface area contributed by atoms with Crippen LogP contribution in [0.15, 0.2) is 22.3 Å². The van der Waals surface area contributed by atoms with E-state index < -0.39 is 11.9 Å². The molecule has 0 aromatic carbocycles. The number of alkyl halides is 3. The Kier molecular flexibility index (Phi) is 3.83. The minimum Gasteiger partial charge on any atom is -0.306 e. The molecule has 9 heteroatoms. The van der Waals surface area contributed by atoms with Crippen LogP contribution in [0.3, 0.4) is 0 Å². The molecule has 0 radical (unpaired) electrons. The Morgan fingerprint density at radius 1 is 1.00 bits per heavy atom. The van der Waals surface area contributed by atoms with Crippen molar-refractivity contribution in [2.45, 2.75) is 48.6 Å². The lowest BCUT2D eigenvalue weighted by molar-refractivity contribution is -0.141. The molecule has 0 bridgehead atoms. The summed E-state index contributed by atoms with van der Waals surface area (Å²) in [6.07, 6.45) is -0.303. The number of nitrogens with zero attached hydrogens (tertiary/aromatic N) is 5. The molecule has 5 nitrogen and oxygen atoms in total. The van der Waals surface area contributed by atoms with Crippen LogP contribution < -0.4 is 0 Å². The molecule has 1 aliphatic rings. The van der Waals surface area contributed by atoms with Crippen molar-refractivity contribution in [1.82, 2.24) is 25.0 Å². The fraction of sp³-hybridized carbons (Fsp3) is 0.500. The van der Waals surface area contributed by atoms with Gasteiger partial charge >= 0.3 is 6.18 Å². The topological polar surface area (TPSA) is 56.5 Å². The lowest BCUT2D eigenvalue weighted by atomic mass is 10.2. The number of hydrogen-bond acceptors (Lipinski definition) is 5. The van der Waals surface area contributed by atoms with Crippen LogP contribution in [0.2, 0.25) is 0 Å². The highest BCUT2D eigenvalue weighted by atomic mass is 32.2. The molecular formula is C12H12F3N5S. The number of rotatable bonds is 2. The van der Waals surface area contributed by atoms with E-state index in [1.165, 1.54) is 17.8 Å². The Balaban J connectivity index is 1.79. The SMILES string of the molecule is FC(F)(F)c1ccc(Sc2nnc3n2CCCCC3)nn1. The first-order chi connectivity index (χ1) is 10.0. The third-order valence-electron chi connectivity index (χ3n) is 3.20. The van der Waals surface area contributed by atoms with E-state index in [4.69, 9.17) is 0 Å². The van der Waals surface area contributed by atoms with Crippen LogP contribution >= 0.6 is 11.8 Å². The third-order valence-corrected chi connectivity index (χ3v) is 4.11. The molecule has 0 unspecified atom stereocenters. The summed E-state index contributed by atoms with van der Waals surface area (Å²) >= 11 is 1.19. The lowest BCUT2D eigenvalue weighted by Gasteiger charge is -2.07. The molecule has 1 aliphatic heterocycles. The van der Waals surface area contributed by atoms with Gasteiger partial charge in [0.15, 0.2) is 10.9 Å². The maximum Gasteiger partial charge on any atom is 0.435 e. The Labute approximate surface area is 123 Å². The summed E-state index contributed by atoms with van der Waals surface area (Å²) in [7, 11) is 0. The van der Waals surface area contributed by atoms with Crippen molar-refractivity contribution in [1.29, 1.82) is 0 Å². The summed E-state index contributed by atoms with van der Waals surface area (Å²) in [5, 5.41) is 16.1. The molecule has 3 heterocycles. The lowest BCUT2D eigenvalue weighted by Crippen LogP contribution is -2.09. The second-order valence-electron chi connectivity index (χ2n) is 4.72. The highest BCUT2D eigenvalue weighted by Gasteiger charge is 2.33. The zero-order valence-corrected chi connectivity index (χ0v) is 11.8. The van der Waals surface area contributed by atoms with Crippen molar-refractivity contribution in [2.75, 3.05) is 0 Å². The van der Waals surface area contributed by atoms with Gasteiger partial charge in [-0.05, 0) is 36.7 Å². The number of fused-ring (bicyclic) bond motifs is 1. The molecular weight excluding hydrogens is 303 g/mol. The molecule has 0 saturated carbocycles. The highest BCUT2D eigenvalue weighted by Crippen LogP contribution is 2.30. The van der Waals surface area contributed by atoms with Crippen LogP contribution in [0.4, 0.5) is 13.2 Å². The Bertz CT molecular complexity index is 623. The maximum atomic E-state index is 12.4. The second-order valence-corrected chi connectivity index (χ2v) is 5.71. The van der Waals surface area contributed by atoms with E-state index in [1.54, 1.807) is 0 Å². The van der Waals surface area contributed by atoms with Gasteiger partial charge in [0.2, 0.25) is 0 Å². The first-order valence-electron chi connectivity index (χ1n) is 6.55. The smallest absolute Gasteiger partial charge is 0.306 e. The van der Waals surface area contributed by atoms with Gasteiger partial charge in [-0.25, -0.2) is 0 Å². The first kappa shape index (κ1) is 14.3. The van der Waals surface area contributed by atoms with Crippen molar-refractivity contribution < 1.29 is 13.2 Å². The monoisotopic (exact) mass is 315 g/mol. The van der Waals surface area contributed by atoms with Gasteiger partial charge in [-0.2, -0.15) is 13.2 Å². The van der Waals surface area contributed by atoms with Crippen LogP contribution in [-0.4, -0.2) is 25.0 Å². The van der Waals surface area contributed by atoms with E-state index in [0.717, 1.165) is 44.1 Å². The molecule has 0 saturated heterocycles. The normalized spacial score (nSPS) is 15.6.